The molecular formula is C19H23N. The number of H-pyrrole nitrogens is 1. The first-order valence-corrected chi connectivity index (χ1v) is 7.51. The van der Waals surface area contributed by atoms with Gasteiger partial charge in [-0.05, 0) is 58.1 Å². The Balaban J connectivity index is 2.13. The van der Waals surface area contributed by atoms with Gasteiger partial charge in [-0.1, -0.05) is 30.0 Å². The Labute approximate surface area is 121 Å². The summed E-state index contributed by atoms with van der Waals surface area (Å²) in [6.45, 7) is 8.87. The van der Waals surface area contributed by atoms with Gasteiger partial charge in [0, 0.05) is 22.5 Å². The van der Waals surface area contributed by atoms with Crippen LogP contribution in [-0.4, -0.2) is 4.98 Å². The summed E-state index contributed by atoms with van der Waals surface area (Å²) in [5.41, 5.74) is 2.62. The molecule has 1 fully saturated rings. The number of rotatable bonds is 2. The Morgan fingerprint density at radius 1 is 1.05 bits per heavy atom. The zero-order valence-corrected chi connectivity index (χ0v) is 12.9. The number of fused-ring (bicyclic) bond motifs is 1. The third kappa shape index (κ3) is 2.36. The molecule has 1 atom stereocenters. The molecule has 20 heavy (non-hydrogen) atoms. The van der Waals surface area contributed by atoms with E-state index in [1.165, 1.54) is 29.3 Å². The largest absolute Gasteiger partial charge is 0.361 e. The van der Waals surface area contributed by atoms with Gasteiger partial charge in [-0.3, -0.25) is 0 Å². The Hall–Kier alpha value is -1.68. The van der Waals surface area contributed by atoms with Crippen LogP contribution >= 0.6 is 0 Å². The predicted molar refractivity (Wildman–Crippen MR) is 85.6 cm³/mol. The molecule has 0 saturated heterocycles. The summed E-state index contributed by atoms with van der Waals surface area (Å²) in [7, 11) is 0. The van der Waals surface area contributed by atoms with Gasteiger partial charge in [-0.25, -0.2) is 0 Å². The summed E-state index contributed by atoms with van der Waals surface area (Å²) in [6, 6.07) is 8.55. The molecule has 1 aromatic carbocycles. The molecule has 2 aromatic rings. The normalized spacial score (nSPS) is 18.4. The topological polar surface area (TPSA) is 15.8 Å². The molecular weight excluding hydrogens is 242 g/mol. The van der Waals surface area contributed by atoms with Gasteiger partial charge in [0.2, 0.25) is 0 Å². The van der Waals surface area contributed by atoms with Crippen molar-refractivity contribution in [2.75, 3.05) is 0 Å². The highest BCUT2D eigenvalue weighted by atomic mass is 14.7. The number of hydrogen-bond acceptors (Lipinski definition) is 0. The van der Waals surface area contributed by atoms with Crippen molar-refractivity contribution in [2.24, 2.45) is 11.3 Å². The Morgan fingerprint density at radius 2 is 1.75 bits per heavy atom. The predicted octanol–water partition coefficient (Wildman–Crippen LogP) is 4.89. The molecule has 1 nitrogen and oxygen atoms in total. The van der Waals surface area contributed by atoms with Crippen molar-refractivity contribution in [3.63, 3.8) is 0 Å². The van der Waals surface area contributed by atoms with Crippen molar-refractivity contribution in [3.8, 4) is 11.8 Å². The molecule has 3 rings (SSSR count). The molecule has 1 aliphatic rings. The van der Waals surface area contributed by atoms with Crippen LogP contribution < -0.4 is 0 Å². The van der Waals surface area contributed by atoms with Crippen LogP contribution in [0.2, 0.25) is 0 Å². The van der Waals surface area contributed by atoms with Gasteiger partial charge in [0.05, 0.1) is 5.41 Å². The zero-order chi connectivity index (χ0) is 14.4. The average molecular weight is 265 g/mol. The van der Waals surface area contributed by atoms with Crippen LogP contribution in [0.15, 0.2) is 30.5 Å². The van der Waals surface area contributed by atoms with Crippen molar-refractivity contribution in [2.45, 2.75) is 46.0 Å². The Bertz CT molecular complexity index is 686. The van der Waals surface area contributed by atoms with Crippen molar-refractivity contribution in [1.29, 1.82) is 0 Å². The maximum atomic E-state index is 3.62. The molecule has 0 bridgehead atoms. The Kier molecular flexibility index (Phi) is 2.94. The summed E-state index contributed by atoms with van der Waals surface area (Å²) < 4.78 is 0. The summed E-state index contributed by atoms with van der Waals surface area (Å²) in [4.78, 5) is 3.41. The molecule has 1 unspecified atom stereocenters. The monoisotopic (exact) mass is 265 g/mol. The van der Waals surface area contributed by atoms with E-state index in [1.807, 2.05) is 0 Å². The van der Waals surface area contributed by atoms with E-state index in [9.17, 15) is 0 Å². The van der Waals surface area contributed by atoms with Crippen LogP contribution in [0.4, 0.5) is 0 Å². The lowest BCUT2D eigenvalue weighted by Crippen LogP contribution is -2.23. The van der Waals surface area contributed by atoms with Crippen LogP contribution in [0.1, 0.15) is 46.1 Å². The average Bonchev–Trinajstić information content (AvgIpc) is 3.15. The SMILES string of the molecule is CC(C)(C)C#CC(C)(c1c[nH]c2ccccc12)C1CC1. The second-order valence-corrected chi connectivity index (χ2v) is 7.22. The number of aromatic nitrogens is 1. The third-order valence-electron chi connectivity index (χ3n) is 4.24. The van der Waals surface area contributed by atoms with Crippen LogP contribution in [0, 0.1) is 23.2 Å². The lowest BCUT2D eigenvalue weighted by atomic mass is 9.77. The van der Waals surface area contributed by atoms with Gasteiger partial charge in [-0.2, -0.15) is 0 Å². The summed E-state index contributed by atoms with van der Waals surface area (Å²) >= 11 is 0. The molecule has 1 N–H and O–H groups in total. The maximum absolute atomic E-state index is 3.62. The minimum Gasteiger partial charge on any atom is -0.361 e. The number of benzene rings is 1. The third-order valence-corrected chi connectivity index (χ3v) is 4.24. The van der Waals surface area contributed by atoms with E-state index in [1.54, 1.807) is 0 Å². The molecule has 0 spiro atoms. The fourth-order valence-corrected chi connectivity index (χ4v) is 2.87. The number of para-hydroxylation sites is 1. The van der Waals surface area contributed by atoms with E-state index >= 15 is 0 Å². The molecule has 0 radical (unpaired) electrons. The highest BCUT2D eigenvalue weighted by Gasteiger charge is 2.43. The second kappa shape index (κ2) is 4.42. The van der Waals surface area contributed by atoms with Crippen LogP contribution in [0.25, 0.3) is 10.9 Å². The van der Waals surface area contributed by atoms with Gasteiger partial charge in [0.25, 0.3) is 0 Å². The quantitative estimate of drug-likeness (QED) is 0.744. The van der Waals surface area contributed by atoms with E-state index in [0.29, 0.717) is 5.92 Å². The highest BCUT2D eigenvalue weighted by molar-refractivity contribution is 5.85. The van der Waals surface area contributed by atoms with Crippen molar-refractivity contribution in [3.05, 3.63) is 36.0 Å². The standard InChI is InChI=1S/C19H23N/c1-18(2,3)11-12-19(4,14-9-10-14)16-13-20-17-8-6-5-7-15(16)17/h5-8,13-14,20H,9-10H2,1-4H3. The van der Waals surface area contributed by atoms with Crippen LogP contribution in [-0.2, 0) is 5.41 Å². The fourth-order valence-electron chi connectivity index (χ4n) is 2.87. The molecule has 1 heteroatoms. The molecule has 0 amide bonds. The lowest BCUT2D eigenvalue weighted by molar-refractivity contribution is 0.526. The Morgan fingerprint density at radius 3 is 2.40 bits per heavy atom. The van der Waals surface area contributed by atoms with E-state index in [-0.39, 0.29) is 10.8 Å². The minimum atomic E-state index is -0.0209. The van der Waals surface area contributed by atoms with Crippen molar-refractivity contribution in [1.82, 2.24) is 4.98 Å². The molecule has 104 valence electrons. The summed E-state index contributed by atoms with van der Waals surface area (Å²) in [5, 5.41) is 1.32. The number of nitrogens with one attached hydrogen (secondary N) is 1. The van der Waals surface area contributed by atoms with Gasteiger partial charge < -0.3 is 4.98 Å². The molecule has 1 aliphatic carbocycles. The highest BCUT2D eigenvalue weighted by Crippen LogP contribution is 2.48. The minimum absolute atomic E-state index is 0.0209. The summed E-state index contributed by atoms with van der Waals surface area (Å²) in [5.74, 6) is 7.80. The van der Waals surface area contributed by atoms with Gasteiger partial charge in [0.1, 0.15) is 0 Å². The fraction of sp³-hybridized carbons (Fsp3) is 0.474. The first-order chi connectivity index (χ1) is 9.40. The van der Waals surface area contributed by atoms with Gasteiger partial charge >= 0.3 is 0 Å². The molecule has 1 saturated carbocycles. The molecule has 1 aromatic heterocycles. The molecule has 0 aliphatic heterocycles. The van der Waals surface area contributed by atoms with Gasteiger partial charge in [-0.15, -0.1) is 0 Å². The smallest absolute Gasteiger partial charge is 0.0584 e. The van der Waals surface area contributed by atoms with Crippen LogP contribution in [0.3, 0.4) is 0 Å². The number of aromatic amines is 1. The number of hydrogen-bond donors (Lipinski definition) is 1. The first kappa shape index (κ1) is 13.3. The van der Waals surface area contributed by atoms with E-state index in [0.717, 1.165) is 0 Å². The van der Waals surface area contributed by atoms with E-state index < -0.39 is 0 Å². The molecule has 1 heterocycles. The van der Waals surface area contributed by atoms with E-state index in [2.05, 4.69) is 75.0 Å². The first-order valence-electron chi connectivity index (χ1n) is 7.51. The second-order valence-electron chi connectivity index (χ2n) is 7.22. The summed E-state index contributed by atoms with van der Waals surface area (Å²) in [6.07, 6.45) is 4.77. The maximum Gasteiger partial charge on any atom is 0.0584 e. The van der Waals surface area contributed by atoms with Crippen LogP contribution in [0.5, 0.6) is 0 Å². The lowest BCUT2D eigenvalue weighted by Gasteiger charge is -2.24. The van der Waals surface area contributed by atoms with Crippen molar-refractivity contribution >= 4 is 10.9 Å². The van der Waals surface area contributed by atoms with E-state index in [4.69, 9.17) is 0 Å². The van der Waals surface area contributed by atoms with Crippen molar-refractivity contribution < 1.29 is 0 Å². The zero-order valence-electron chi connectivity index (χ0n) is 12.9. The van der Waals surface area contributed by atoms with Gasteiger partial charge in [0.15, 0.2) is 0 Å².